The summed E-state index contributed by atoms with van der Waals surface area (Å²) in [6.45, 7) is 9.37. The van der Waals surface area contributed by atoms with Crippen LogP contribution in [-0.2, 0) is 4.79 Å². The van der Waals surface area contributed by atoms with Crippen LogP contribution in [0.4, 0.5) is 0 Å². The van der Waals surface area contributed by atoms with E-state index >= 15 is 0 Å². The predicted octanol–water partition coefficient (Wildman–Crippen LogP) is 0.491. The first-order valence-electron chi connectivity index (χ1n) is 6.21. The summed E-state index contributed by atoms with van der Waals surface area (Å²) in [7, 11) is 3.64. The van der Waals surface area contributed by atoms with Crippen molar-refractivity contribution in [2.75, 3.05) is 46.8 Å². The molecular formula is C12H25N3O. The molecule has 1 aliphatic rings. The highest BCUT2D eigenvalue weighted by atomic mass is 16.2. The molecule has 1 fully saturated rings. The zero-order valence-corrected chi connectivity index (χ0v) is 11.1. The minimum absolute atomic E-state index is 0.204. The lowest BCUT2D eigenvalue weighted by Crippen LogP contribution is -2.54. The highest BCUT2D eigenvalue weighted by molar-refractivity contribution is 5.77. The van der Waals surface area contributed by atoms with E-state index in [1.807, 2.05) is 14.1 Å². The average Bonchev–Trinajstić information content (AvgIpc) is 2.22. The van der Waals surface area contributed by atoms with Gasteiger partial charge in [-0.15, -0.1) is 0 Å². The van der Waals surface area contributed by atoms with Gasteiger partial charge in [-0.25, -0.2) is 0 Å². The predicted molar refractivity (Wildman–Crippen MR) is 66.5 cm³/mol. The second-order valence-electron chi connectivity index (χ2n) is 4.91. The van der Waals surface area contributed by atoms with Crippen LogP contribution < -0.4 is 0 Å². The first kappa shape index (κ1) is 13.5. The van der Waals surface area contributed by atoms with Gasteiger partial charge in [0, 0.05) is 39.8 Å². The molecule has 94 valence electrons. The fourth-order valence-corrected chi connectivity index (χ4v) is 2.14. The third-order valence-corrected chi connectivity index (χ3v) is 3.23. The van der Waals surface area contributed by atoms with Gasteiger partial charge in [0.2, 0.25) is 5.91 Å². The van der Waals surface area contributed by atoms with E-state index in [1.54, 1.807) is 4.90 Å². The molecule has 0 aromatic rings. The lowest BCUT2D eigenvalue weighted by atomic mass is 10.2. The first-order chi connectivity index (χ1) is 7.54. The third-order valence-electron chi connectivity index (χ3n) is 3.23. The molecular weight excluding hydrogens is 202 g/mol. The van der Waals surface area contributed by atoms with Gasteiger partial charge < -0.3 is 9.80 Å². The summed E-state index contributed by atoms with van der Waals surface area (Å²) >= 11 is 0. The Morgan fingerprint density at radius 2 is 2.06 bits per heavy atom. The summed E-state index contributed by atoms with van der Waals surface area (Å²) in [4.78, 5) is 18.1. The summed E-state index contributed by atoms with van der Waals surface area (Å²) in [6.07, 6.45) is 1.21. The Kier molecular flexibility index (Phi) is 5.22. The van der Waals surface area contributed by atoms with E-state index in [1.165, 1.54) is 13.0 Å². The van der Waals surface area contributed by atoms with Crippen molar-refractivity contribution in [3.05, 3.63) is 0 Å². The quantitative estimate of drug-likeness (QED) is 0.699. The summed E-state index contributed by atoms with van der Waals surface area (Å²) < 4.78 is 0. The van der Waals surface area contributed by atoms with Crippen LogP contribution in [0.5, 0.6) is 0 Å². The third kappa shape index (κ3) is 3.76. The van der Waals surface area contributed by atoms with Crippen molar-refractivity contribution in [2.24, 2.45) is 0 Å². The summed E-state index contributed by atoms with van der Waals surface area (Å²) in [5.41, 5.74) is 0. The number of rotatable bonds is 4. The monoisotopic (exact) mass is 227 g/mol. The highest BCUT2D eigenvalue weighted by Gasteiger charge is 2.24. The van der Waals surface area contributed by atoms with Crippen molar-refractivity contribution in [3.63, 3.8) is 0 Å². The van der Waals surface area contributed by atoms with Gasteiger partial charge >= 0.3 is 0 Å². The lowest BCUT2D eigenvalue weighted by molar-refractivity contribution is -0.131. The van der Waals surface area contributed by atoms with Crippen molar-refractivity contribution in [2.45, 2.75) is 26.3 Å². The molecule has 1 amide bonds. The van der Waals surface area contributed by atoms with E-state index < -0.39 is 0 Å². The number of hydrogen-bond donors (Lipinski definition) is 0. The Morgan fingerprint density at radius 3 is 2.56 bits per heavy atom. The molecule has 4 heteroatoms. The van der Waals surface area contributed by atoms with Crippen LogP contribution in [0.3, 0.4) is 0 Å². The molecule has 1 rings (SSSR count). The van der Waals surface area contributed by atoms with E-state index in [4.69, 9.17) is 0 Å². The van der Waals surface area contributed by atoms with Gasteiger partial charge in [0.05, 0.1) is 6.54 Å². The minimum atomic E-state index is 0.204. The molecule has 0 unspecified atom stereocenters. The van der Waals surface area contributed by atoms with E-state index in [0.717, 1.165) is 19.6 Å². The molecule has 4 nitrogen and oxygen atoms in total. The Hall–Kier alpha value is -0.610. The molecule has 1 saturated heterocycles. The maximum Gasteiger partial charge on any atom is 0.236 e. The van der Waals surface area contributed by atoms with E-state index in [0.29, 0.717) is 12.6 Å². The molecule has 0 radical (unpaired) electrons. The number of amides is 1. The van der Waals surface area contributed by atoms with Crippen LogP contribution in [0.2, 0.25) is 0 Å². The van der Waals surface area contributed by atoms with Crippen LogP contribution in [0.25, 0.3) is 0 Å². The van der Waals surface area contributed by atoms with Gasteiger partial charge in [-0.3, -0.25) is 9.69 Å². The first-order valence-corrected chi connectivity index (χ1v) is 6.21. The maximum absolute atomic E-state index is 11.6. The highest BCUT2D eigenvalue weighted by Crippen LogP contribution is 2.09. The number of hydrogen-bond acceptors (Lipinski definition) is 3. The molecule has 0 spiro atoms. The van der Waals surface area contributed by atoms with E-state index in [-0.39, 0.29) is 5.91 Å². The van der Waals surface area contributed by atoms with Gasteiger partial charge in [-0.2, -0.15) is 0 Å². The van der Waals surface area contributed by atoms with E-state index in [9.17, 15) is 4.79 Å². The fraction of sp³-hybridized carbons (Fsp3) is 0.917. The van der Waals surface area contributed by atoms with Gasteiger partial charge in [0.1, 0.15) is 0 Å². The van der Waals surface area contributed by atoms with Gasteiger partial charge in [0.25, 0.3) is 0 Å². The average molecular weight is 227 g/mol. The van der Waals surface area contributed by atoms with Crippen molar-refractivity contribution in [1.29, 1.82) is 0 Å². The van der Waals surface area contributed by atoms with Crippen LogP contribution in [0, 0.1) is 0 Å². The number of carbonyl (C=O) groups is 1. The molecule has 0 N–H and O–H groups in total. The summed E-state index contributed by atoms with van der Waals surface area (Å²) in [6, 6.07) is 0.490. The van der Waals surface area contributed by atoms with Crippen molar-refractivity contribution in [3.8, 4) is 0 Å². The zero-order valence-electron chi connectivity index (χ0n) is 11.1. The number of carbonyl (C=O) groups excluding carboxylic acids is 1. The fourth-order valence-electron chi connectivity index (χ4n) is 2.14. The number of nitrogens with zero attached hydrogens (tertiary/aromatic N) is 3. The standard InChI is InChI=1S/C12H25N3O/c1-5-6-14-7-8-15(11(2)9-14)10-12(16)13(3)4/h11H,5-10H2,1-4H3/t11-/m1/s1. The van der Waals surface area contributed by atoms with Crippen molar-refractivity contribution < 1.29 is 4.79 Å². The van der Waals surface area contributed by atoms with Crippen LogP contribution >= 0.6 is 0 Å². The Balaban J connectivity index is 2.38. The van der Waals surface area contributed by atoms with Crippen LogP contribution in [-0.4, -0.2) is 73.5 Å². The normalized spacial score (nSPS) is 23.4. The Bertz CT molecular complexity index is 230. The number of likely N-dealkylation sites (N-methyl/N-ethyl adjacent to an activating group) is 1. The number of piperazine rings is 1. The Labute approximate surface area is 99.2 Å². The second kappa shape index (κ2) is 6.21. The largest absolute Gasteiger partial charge is 0.348 e. The second-order valence-corrected chi connectivity index (χ2v) is 4.91. The molecule has 0 saturated carbocycles. The SMILES string of the molecule is CCCN1CCN(CC(=O)N(C)C)[C@H](C)C1. The topological polar surface area (TPSA) is 26.8 Å². The zero-order chi connectivity index (χ0) is 12.1. The van der Waals surface area contributed by atoms with Gasteiger partial charge in [0.15, 0.2) is 0 Å². The molecule has 0 aromatic carbocycles. The molecule has 0 bridgehead atoms. The Morgan fingerprint density at radius 1 is 1.38 bits per heavy atom. The molecule has 1 aliphatic heterocycles. The summed E-state index contributed by atoms with van der Waals surface area (Å²) in [5, 5.41) is 0. The molecule has 0 aromatic heterocycles. The molecule has 0 aliphatic carbocycles. The van der Waals surface area contributed by atoms with Crippen molar-refractivity contribution in [1.82, 2.24) is 14.7 Å². The molecule has 16 heavy (non-hydrogen) atoms. The smallest absolute Gasteiger partial charge is 0.236 e. The molecule has 1 heterocycles. The maximum atomic E-state index is 11.6. The van der Waals surface area contributed by atoms with Gasteiger partial charge in [-0.1, -0.05) is 6.92 Å². The van der Waals surface area contributed by atoms with Gasteiger partial charge in [-0.05, 0) is 19.9 Å². The molecule has 1 atom stereocenters. The van der Waals surface area contributed by atoms with E-state index in [2.05, 4.69) is 23.6 Å². The summed E-state index contributed by atoms with van der Waals surface area (Å²) in [5.74, 6) is 0.204. The lowest BCUT2D eigenvalue weighted by Gasteiger charge is -2.39. The minimum Gasteiger partial charge on any atom is -0.348 e. The van der Waals surface area contributed by atoms with Crippen molar-refractivity contribution >= 4 is 5.91 Å². The van der Waals surface area contributed by atoms with Crippen LogP contribution in [0.15, 0.2) is 0 Å². The van der Waals surface area contributed by atoms with Crippen LogP contribution in [0.1, 0.15) is 20.3 Å².